The summed E-state index contributed by atoms with van der Waals surface area (Å²) < 4.78 is 5.88. The second kappa shape index (κ2) is 6.53. The molecule has 0 radical (unpaired) electrons. The predicted molar refractivity (Wildman–Crippen MR) is 78.8 cm³/mol. The molecule has 0 aliphatic carbocycles. The Balaban J connectivity index is 2.94. The molecule has 0 fully saturated rings. The smallest absolute Gasteiger partial charge is 0.0650 e. The Morgan fingerprint density at radius 1 is 1.22 bits per heavy atom. The van der Waals surface area contributed by atoms with Crippen molar-refractivity contribution in [3.05, 3.63) is 24.3 Å². The maximum Gasteiger partial charge on any atom is 0.0650 e. The Morgan fingerprint density at radius 3 is 2.56 bits per heavy atom. The summed E-state index contributed by atoms with van der Waals surface area (Å²) >= 11 is 0. The van der Waals surface area contributed by atoms with E-state index >= 15 is 0 Å². The number of nitrogens with zero attached hydrogens (tertiary/aromatic N) is 1. The van der Waals surface area contributed by atoms with Gasteiger partial charge >= 0.3 is 0 Å². The van der Waals surface area contributed by atoms with E-state index < -0.39 is 0 Å². The number of rotatable bonds is 4. The molecule has 1 rings (SSSR count). The average molecular weight is 251 g/mol. The van der Waals surface area contributed by atoms with Gasteiger partial charge in [0.05, 0.1) is 13.2 Å². The quantitative estimate of drug-likeness (QED) is 0.758. The molecule has 0 aromatic rings. The minimum atomic E-state index is 0.159. The van der Waals surface area contributed by atoms with Crippen LogP contribution in [0.15, 0.2) is 24.3 Å². The maximum atomic E-state index is 5.88. The summed E-state index contributed by atoms with van der Waals surface area (Å²) in [6.45, 7) is 9.65. The van der Waals surface area contributed by atoms with E-state index in [1.54, 1.807) is 0 Å². The molecule has 0 aromatic heterocycles. The molecule has 18 heavy (non-hydrogen) atoms. The highest BCUT2D eigenvalue weighted by Crippen LogP contribution is 2.46. The normalized spacial score (nSPS) is 31.4. The molecule has 0 bridgehead atoms. The van der Waals surface area contributed by atoms with Crippen LogP contribution in [0.5, 0.6) is 0 Å². The van der Waals surface area contributed by atoms with E-state index in [-0.39, 0.29) is 10.8 Å². The lowest BCUT2D eigenvalue weighted by atomic mass is 9.62. The number of hydrogen-bond donors (Lipinski definition) is 0. The molecule has 0 saturated heterocycles. The van der Waals surface area contributed by atoms with E-state index in [9.17, 15) is 0 Å². The second-order valence-corrected chi connectivity index (χ2v) is 6.21. The molecule has 0 aromatic carbocycles. The Kier molecular flexibility index (Phi) is 5.61. The molecule has 2 nitrogen and oxygen atoms in total. The highest BCUT2D eigenvalue weighted by atomic mass is 16.5. The molecule has 1 aliphatic heterocycles. The highest BCUT2D eigenvalue weighted by Gasteiger charge is 2.41. The molecular formula is C16H29NO. The third-order valence-corrected chi connectivity index (χ3v) is 4.43. The second-order valence-electron chi connectivity index (χ2n) is 6.21. The zero-order chi connectivity index (χ0) is 13.6. The van der Waals surface area contributed by atoms with Gasteiger partial charge < -0.3 is 9.64 Å². The summed E-state index contributed by atoms with van der Waals surface area (Å²) in [4.78, 5) is 2.27. The zero-order valence-corrected chi connectivity index (χ0v) is 12.7. The van der Waals surface area contributed by atoms with Crippen molar-refractivity contribution in [2.45, 2.75) is 33.6 Å². The summed E-state index contributed by atoms with van der Waals surface area (Å²) in [5.41, 5.74) is 0.381. The Labute approximate surface area is 113 Å². The van der Waals surface area contributed by atoms with Crippen molar-refractivity contribution in [2.75, 3.05) is 33.9 Å². The molecule has 104 valence electrons. The Morgan fingerprint density at radius 2 is 1.94 bits per heavy atom. The topological polar surface area (TPSA) is 12.5 Å². The van der Waals surface area contributed by atoms with Crippen LogP contribution in [-0.2, 0) is 4.74 Å². The number of hydrogen-bond acceptors (Lipinski definition) is 2. The number of ether oxygens (including phenoxy) is 1. The minimum Gasteiger partial charge on any atom is -0.377 e. The van der Waals surface area contributed by atoms with Crippen LogP contribution in [-0.4, -0.2) is 38.8 Å². The molecule has 0 spiro atoms. The third-order valence-electron chi connectivity index (χ3n) is 4.43. The largest absolute Gasteiger partial charge is 0.377 e. The van der Waals surface area contributed by atoms with Gasteiger partial charge in [-0.05, 0) is 38.9 Å². The lowest BCUT2D eigenvalue weighted by Gasteiger charge is -2.45. The van der Waals surface area contributed by atoms with Gasteiger partial charge in [-0.2, -0.15) is 0 Å². The first-order chi connectivity index (χ1) is 8.43. The van der Waals surface area contributed by atoms with Gasteiger partial charge in [-0.15, -0.1) is 0 Å². The van der Waals surface area contributed by atoms with Crippen molar-refractivity contribution >= 4 is 0 Å². The van der Waals surface area contributed by atoms with Gasteiger partial charge in [-0.25, -0.2) is 0 Å². The van der Waals surface area contributed by atoms with E-state index in [0.717, 1.165) is 26.2 Å². The van der Waals surface area contributed by atoms with Crippen LogP contribution in [0.25, 0.3) is 0 Å². The molecule has 2 heteroatoms. The van der Waals surface area contributed by atoms with Crippen LogP contribution in [0.1, 0.15) is 33.6 Å². The van der Waals surface area contributed by atoms with Crippen molar-refractivity contribution in [2.24, 2.45) is 10.8 Å². The van der Waals surface area contributed by atoms with E-state index in [4.69, 9.17) is 4.74 Å². The first-order valence-corrected chi connectivity index (χ1v) is 7.00. The molecule has 0 N–H and O–H groups in total. The summed E-state index contributed by atoms with van der Waals surface area (Å²) in [5, 5.41) is 0. The van der Waals surface area contributed by atoms with Crippen molar-refractivity contribution in [1.29, 1.82) is 0 Å². The summed E-state index contributed by atoms with van der Waals surface area (Å²) in [6.07, 6.45) is 11.0. The number of allylic oxidation sites excluding steroid dienone is 3. The lowest BCUT2D eigenvalue weighted by Crippen LogP contribution is -2.42. The SMILES string of the molecule is CCC1(CCN(C)C)COC/C=C\C=C/C1(C)C. The van der Waals surface area contributed by atoms with Gasteiger partial charge in [0, 0.05) is 5.41 Å². The van der Waals surface area contributed by atoms with Crippen molar-refractivity contribution in [1.82, 2.24) is 4.90 Å². The summed E-state index contributed by atoms with van der Waals surface area (Å²) in [6, 6.07) is 0. The van der Waals surface area contributed by atoms with Gasteiger partial charge in [0.2, 0.25) is 0 Å². The summed E-state index contributed by atoms with van der Waals surface area (Å²) in [7, 11) is 4.29. The Bertz CT molecular complexity index is 304. The molecular weight excluding hydrogens is 222 g/mol. The van der Waals surface area contributed by atoms with Gasteiger partial charge in [-0.1, -0.05) is 45.1 Å². The fourth-order valence-corrected chi connectivity index (χ4v) is 2.68. The third kappa shape index (κ3) is 3.69. The van der Waals surface area contributed by atoms with E-state index in [1.165, 1.54) is 6.42 Å². The first kappa shape index (κ1) is 15.5. The fraction of sp³-hybridized carbons (Fsp3) is 0.750. The monoisotopic (exact) mass is 251 g/mol. The average Bonchev–Trinajstić information content (AvgIpc) is 2.37. The van der Waals surface area contributed by atoms with Crippen LogP contribution < -0.4 is 0 Å². The maximum absolute atomic E-state index is 5.88. The van der Waals surface area contributed by atoms with E-state index in [2.05, 4.69) is 64.1 Å². The van der Waals surface area contributed by atoms with Crippen LogP contribution in [0.3, 0.4) is 0 Å². The zero-order valence-electron chi connectivity index (χ0n) is 12.7. The highest BCUT2D eigenvalue weighted by molar-refractivity contribution is 5.12. The molecule has 0 saturated carbocycles. The van der Waals surface area contributed by atoms with Crippen molar-refractivity contribution in [3.8, 4) is 0 Å². The van der Waals surface area contributed by atoms with Gasteiger partial charge in [0.1, 0.15) is 0 Å². The van der Waals surface area contributed by atoms with Crippen LogP contribution in [0.2, 0.25) is 0 Å². The van der Waals surface area contributed by atoms with E-state index in [1.807, 2.05) is 0 Å². The van der Waals surface area contributed by atoms with E-state index in [0.29, 0.717) is 0 Å². The molecule has 1 aliphatic rings. The van der Waals surface area contributed by atoms with Crippen molar-refractivity contribution in [3.63, 3.8) is 0 Å². The molecule has 1 atom stereocenters. The van der Waals surface area contributed by atoms with Gasteiger partial charge in [-0.3, -0.25) is 0 Å². The molecule has 0 amide bonds. The fourth-order valence-electron chi connectivity index (χ4n) is 2.68. The molecule has 1 unspecified atom stereocenters. The van der Waals surface area contributed by atoms with Gasteiger partial charge in [0.15, 0.2) is 0 Å². The van der Waals surface area contributed by atoms with Crippen LogP contribution in [0.4, 0.5) is 0 Å². The Hall–Kier alpha value is -0.600. The van der Waals surface area contributed by atoms with Crippen molar-refractivity contribution < 1.29 is 4.74 Å². The standard InChI is InChI=1S/C16H29NO/c1-6-16(11-12-17(4)5)14-18-13-9-7-8-10-15(16,2)3/h7-10H,6,11-14H2,1-5H3/b9-7-,10-8-. The summed E-state index contributed by atoms with van der Waals surface area (Å²) in [5.74, 6) is 0. The predicted octanol–water partition coefficient (Wildman–Crippen LogP) is 3.50. The molecule has 1 heterocycles. The first-order valence-electron chi connectivity index (χ1n) is 7.00. The van der Waals surface area contributed by atoms with Crippen LogP contribution in [0, 0.1) is 10.8 Å². The van der Waals surface area contributed by atoms with Gasteiger partial charge in [0.25, 0.3) is 0 Å². The lowest BCUT2D eigenvalue weighted by molar-refractivity contribution is -0.0168. The van der Waals surface area contributed by atoms with Crippen LogP contribution >= 0.6 is 0 Å². The minimum absolute atomic E-state index is 0.159.